The van der Waals surface area contributed by atoms with Gasteiger partial charge < -0.3 is 20.8 Å². The van der Waals surface area contributed by atoms with Crippen molar-refractivity contribution in [3.8, 4) is 0 Å². The molecule has 2 unspecified atom stereocenters. The monoisotopic (exact) mass is 216 g/mol. The summed E-state index contributed by atoms with van der Waals surface area (Å²) >= 11 is 0. The maximum absolute atomic E-state index is 11.2. The minimum absolute atomic E-state index is 0.0743. The second kappa shape index (κ2) is 5.55. The van der Waals surface area contributed by atoms with Crippen LogP contribution >= 0.6 is 0 Å². The molecule has 4 N–H and O–H groups in total. The number of hydrogen-bond acceptors (Lipinski definition) is 3. The molecule has 0 bridgehead atoms. The number of carboxylic acid groups (broad SMARTS) is 1. The number of nitrogens with one attached hydrogen (secondary N) is 2. The molecule has 0 saturated heterocycles. The van der Waals surface area contributed by atoms with E-state index in [1.165, 1.54) is 0 Å². The van der Waals surface area contributed by atoms with Gasteiger partial charge in [0.15, 0.2) is 0 Å². The second-order valence-corrected chi connectivity index (χ2v) is 3.78. The van der Waals surface area contributed by atoms with Crippen LogP contribution in [0.3, 0.4) is 0 Å². The Morgan fingerprint density at radius 1 is 1.33 bits per heavy atom. The minimum Gasteiger partial charge on any atom is -0.465 e. The molecule has 0 spiro atoms. The van der Waals surface area contributed by atoms with Gasteiger partial charge in [-0.05, 0) is 25.2 Å². The molecule has 1 aliphatic rings. The van der Waals surface area contributed by atoms with E-state index in [0.717, 1.165) is 19.3 Å². The Hall–Kier alpha value is -1.30. The minimum atomic E-state index is -1.20. The predicted octanol–water partition coefficient (Wildman–Crippen LogP) is -0.469. The summed E-state index contributed by atoms with van der Waals surface area (Å²) in [6.07, 6.45) is 1.33. The summed E-state index contributed by atoms with van der Waals surface area (Å²) in [6.45, 7) is -0.0601. The summed E-state index contributed by atoms with van der Waals surface area (Å²) in [5.74, 6) is -0.0521. The first kappa shape index (κ1) is 11.8. The first-order chi connectivity index (χ1) is 7.11. The van der Waals surface area contributed by atoms with Gasteiger partial charge in [-0.2, -0.15) is 0 Å². The average Bonchev–Trinajstić information content (AvgIpc) is 2.62. The fourth-order valence-electron chi connectivity index (χ4n) is 1.81. The lowest BCUT2D eigenvalue weighted by molar-refractivity contribution is -0.120. The van der Waals surface area contributed by atoms with E-state index in [2.05, 4.69) is 5.32 Å². The molecule has 86 valence electrons. The summed E-state index contributed by atoms with van der Waals surface area (Å²) in [5, 5.41) is 21.9. The highest BCUT2D eigenvalue weighted by Gasteiger charge is 2.24. The van der Waals surface area contributed by atoms with Gasteiger partial charge in [0, 0.05) is 12.6 Å². The Morgan fingerprint density at radius 2 is 2.07 bits per heavy atom. The SMILES string of the molecule is O=C(O)NCC(=O)NC1CCC(CO)C1. The van der Waals surface area contributed by atoms with Crippen LogP contribution in [-0.2, 0) is 4.79 Å². The third-order valence-electron chi connectivity index (χ3n) is 2.56. The number of aliphatic hydroxyl groups is 1. The zero-order valence-corrected chi connectivity index (χ0v) is 8.40. The smallest absolute Gasteiger partial charge is 0.405 e. The molecule has 6 heteroatoms. The second-order valence-electron chi connectivity index (χ2n) is 3.78. The van der Waals surface area contributed by atoms with Crippen LogP contribution in [0.1, 0.15) is 19.3 Å². The number of carbonyl (C=O) groups excluding carboxylic acids is 1. The lowest BCUT2D eigenvalue weighted by Gasteiger charge is -2.12. The molecular weight excluding hydrogens is 200 g/mol. The fourth-order valence-corrected chi connectivity index (χ4v) is 1.81. The van der Waals surface area contributed by atoms with Crippen LogP contribution in [0.15, 0.2) is 0 Å². The summed E-state index contributed by atoms with van der Waals surface area (Å²) in [7, 11) is 0. The zero-order chi connectivity index (χ0) is 11.3. The Morgan fingerprint density at radius 3 is 2.60 bits per heavy atom. The quantitative estimate of drug-likeness (QED) is 0.510. The van der Waals surface area contributed by atoms with E-state index in [1.807, 2.05) is 5.32 Å². The van der Waals surface area contributed by atoms with Gasteiger partial charge in [0.2, 0.25) is 5.91 Å². The van der Waals surface area contributed by atoms with Crippen molar-refractivity contribution in [2.75, 3.05) is 13.2 Å². The van der Waals surface area contributed by atoms with E-state index in [-0.39, 0.29) is 31.0 Å². The molecule has 1 fully saturated rings. The van der Waals surface area contributed by atoms with Crippen LogP contribution in [0.2, 0.25) is 0 Å². The molecule has 0 aromatic rings. The molecule has 0 aliphatic heterocycles. The van der Waals surface area contributed by atoms with E-state index in [9.17, 15) is 9.59 Å². The highest BCUT2D eigenvalue weighted by atomic mass is 16.4. The van der Waals surface area contributed by atoms with Crippen molar-refractivity contribution in [1.29, 1.82) is 0 Å². The molecule has 2 amide bonds. The molecule has 0 heterocycles. The number of carbonyl (C=O) groups is 2. The lowest BCUT2D eigenvalue weighted by atomic mass is 10.1. The average molecular weight is 216 g/mol. The molecule has 6 nitrogen and oxygen atoms in total. The molecule has 1 saturated carbocycles. The zero-order valence-electron chi connectivity index (χ0n) is 8.40. The van der Waals surface area contributed by atoms with E-state index < -0.39 is 6.09 Å². The lowest BCUT2D eigenvalue weighted by Crippen LogP contribution is -2.40. The Bertz CT molecular complexity index is 244. The van der Waals surface area contributed by atoms with E-state index in [4.69, 9.17) is 10.2 Å². The van der Waals surface area contributed by atoms with Crippen LogP contribution in [0.4, 0.5) is 4.79 Å². The van der Waals surface area contributed by atoms with E-state index in [1.54, 1.807) is 0 Å². The number of amides is 2. The van der Waals surface area contributed by atoms with Crippen molar-refractivity contribution in [1.82, 2.24) is 10.6 Å². The maximum atomic E-state index is 11.2. The van der Waals surface area contributed by atoms with Crippen molar-refractivity contribution in [2.24, 2.45) is 5.92 Å². The van der Waals surface area contributed by atoms with Crippen LogP contribution in [-0.4, -0.2) is 41.4 Å². The normalized spacial score (nSPS) is 24.9. The van der Waals surface area contributed by atoms with Crippen LogP contribution in [0.5, 0.6) is 0 Å². The molecule has 2 atom stereocenters. The Labute approximate surface area is 87.7 Å². The number of hydrogen-bond donors (Lipinski definition) is 4. The van der Waals surface area contributed by atoms with Crippen molar-refractivity contribution in [2.45, 2.75) is 25.3 Å². The van der Waals surface area contributed by atoms with Gasteiger partial charge in [-0.3, -0.25) is 4.79 Å². The van der Waals surface area contributed by atoms with Gasteiger partial charge in [0.25, 0.3) is 0 Å². The fraction of sp³-hybridized carbons (Fsp3) is 0.778. The molecule has 0 aromatic heterocycles. The van der Waals surface area contributed by atoms with Gasteiger partial charge >= 0.3 is 6.09 Å². The summed E-state index contributed by atoms with van der Waals surface area (Å²) in [4.78, 5) is 21.3. The molecular formula is C9H16N2O4. The number of rotatable bonds is 4. The van der Waals surface area contributed by atoms with Gasteiger partial charge in [0.05, 0.1) is 6.54 Å². The Kier molecular flexibility index (Phi) is 4.36. The largest absolute Gasteiger partial charge is 0.465 e. The maximum Gasteiger partial charge on any atom is 0.405 e. The first-order valence-electron chi connectivity index (χ1n) is 4.99. The van der Waals surface area contributed by atoms with Crippen LogP contribution in [0, 0.1) is 5.92 Å². The van der Waals surface area contributed by atoms with Crippen molar-refractivity contribution < 1.29 is 19.8 Å². The summed E-state index contributed by atoms with van der Waals surface area (Å²) in [5.41, 5.74) is 0. The third kappa shape index (κ3) is 4.16. The highest BCUT2D eigenvalue weighted by molar-refractivity contribution is 5.81. The molecule has 15 heavy (non-hydrogen) atoms. The van der Waals surface area contributed by atoms with Crippen LogP contribution in [0.25, 0.3) is 0 Å². The van der Waals surface area contributed by atoms with Crippen molar-refractivity contribution in [3.05, 3.63) is 0 Å². The van der Waals surface area contributed by atoms with Gasteiger partial charge in [0.1, 0.15) is 0 Å². The molecule has 0 aromatic carbocycles. The predicted molar refractivity (Wildman–Crippen MR) is 52.4 cm³/mol. The van der Waals surface area contributed by atoms with Crippen molar-refractivity contribution >= 4 is 12.0 Å². The number of aliphatic hydroxyl groups excluding tert-OH is 1. The summed E-state index contributed by atoms with van der Waals surface area (Å²) in [6, 6.07) is 0.0743. The van der Waals surface area contributed by atoms with E-state index in [0.29, 0.717) is 0 Å². The Balaban J connectivity index is 2.18. The molecule has 1 aliphatic carbocycles. The topological polar surface area (TPSA) is 98.7 Å². The highest BCUT2D eigenvalue weighted by Crippen LogP contribution is 2.24. The van der Waals surface area contributed by atoms with E-state index >= 15 is 0 Å². The van der Waals surface area contributed by atoms with Gasteiger partial charge in [-0.1, -0.05) is 0 Å². The van der Waals surface area contributed by atoms with Gasteiger partial charge in [-0.15, -0.1) is 0 Å². The standard InChI is InChI=1S/C9H16N2O4/c12-5-6-1-2-7(3-6)11-8(13)4-10-9(14)15/h6-7,10,12H,1-5H2,(H,11,13)(H,14,15). The molecule has 1 rings (SSSR count). The third-order valence-corrected chi connectivity index (χ3v) is 2.56. The van der Waals surface area contributed by atoms with Crippen molar-refractivity contribution in [3.63, 3.8) is 0 Å². The molecule has 0 radical (unpaired) electrons. The summed E-state index contributed by atoms with van der Waals surface area (Å²) < 4.78 is 0. The van der Waals surface area contributed by atoms with Crippen LogP contribution < -0.4 is 10.6 Å². The van der Waals surface area contributed by atoms with Gasteiger partial charge in [-0.25, -0.2) is 4.79 Å². The first-order valence-corrected chi connectivity index (χ1v) is 4.99.